The first kappa shape index (κ1) is 14.0. The minimum absolute atomic E-state index is 0.197. The van der Waals surface area contributed by atoms with Crippen LogP contribution in [0.25, 0.3) is 0 Å². The van der Waals surface area contributed by atoms with Crippen LogP contribution in [0.5, 0.6) is 5.75 Å². The number of hydrogen-bond acceptors (Lipinski definition) is 3. The maximum atomic E-state index is 5.80. The van der Waals surface area contributed by atoms with E-state index in [9.17, 15) is 0 Å². The molecule has 0 radical (unpaired) electrons. The van der Waals surface area contributed by atoms with Gasteiger partial charge in [0.05, 0.1) is 12.7 Å². The molecule has 1 aromatic carbocycles. The van der Waals surface area contributed by atoms with Gasteiger partial charge in [-0.15, -0.1) is 0 Å². The molecule has 1 atom stereocenters. The first-order chi connectivity index (χ1) is 8.15. The van der Waals surface area contributed by atoms with Crippen LogP contribution in [0.1, 0.15) is 32.4 Å². The van der Waals surface area contributed by atoms with Crippen molar-refractivity contribution in [2.45, 2.75) is 32.9 Å². The Bertz CT molecular complexity index is 326. The summed E-state index contributed by atoms with van der Waals surface area (Å²) < 4.78 is 10.8. The van der Waals surface area contributed by atoms with Crippen molar-refractivity contribution < 1.29 is 9.47 Å². The SMILES string of the molecule is COCCN[C@@H](C)c1ccccc1OC(C)C. The van der Waals surface area contributed by atoms with E-state index in [1.54, 1.807) is 7.11 Å². The normalized spacial score (nSPS) is 12.8. The van der Waals surface area contributed by atoms with Gasteiger partial charge in [-0.25, -0.2) is 0 Å². The molecule has 0 saturated heterocycles. The minimum atomic E-state index is 0.197. The Hall–Kier alpha value is -1.06. The van der Waals surface area contributed by atoms with Crippen LogP contribution in [-0.2, 0) is 4.74 Å². The summed E-state index contributed by atoms with van der Waals surface area (Å²) in [7, 11) is 1.71. The highest BCUT2D eigenvalue weighted by molar-refractivity contribution is 5.35. The van der Waals surface area contributed by atoms with Crippen LogP contribution >= 0.6 is 0 Å². The van der Waals surface area contributed by atoms with Gasteiger partial charge in [-0.3, -0.25) is 0 Å². The molecule has 3 heteroatoms. The van der Waals surface area contributed by atoms with Gasteiger partial charge in [0.1, 0.15) is 5.75 Å². The second-order valence-corrected chi connectivity index (χ2v) is 4.37. The van der Waals surface area contributed by atoms with Gasteiger partial charge in [0, 0.05) is 25.3 Å². The standard InChI is InChI=1S/C14H23NO2/c1-11(2)17-14-8-6-5-7-13(14)12(3)15-9-10-16-4/h5-8,11-12,15H,9-10H2,1-4H3/t12-/m0/s1. The quantitative estimate of drug-likeness (QED) is 0.740. The number of hydrogen-bond donors (Lipinski definition) is 1. The molecule has 0 fully saturated rings. The van der Waals surface area contributed by atoms with Crippen LogP contribution in [0.4, 0.5) is 0 Å². The molecule has 0 heterocycles. The summed E-state index contributed by atoms with van der Waals surface area (Å²) in [6.07, 6.45) is 0.197. The summed E-state index contributed by atoms with van der Waals surface area (Å²) in [5.74, 6) is 0.958. The zero-order valence-electron chi connectivity index (χ0n) is 11.2. The summed E-state index contributed by atoms with van der Waals surface area (Å²) in [6.45, 7) is 7.78. The number of nitrogens with one attached hydrogen (secondary N) is 1. The van der Waals surface area contributed by atoms with E-state index in [0.29, 0.717) is 0 Å². The molecular formula is C14H23NO2. The van der Waals surface area contributed by atoms with Gasteiger partial charge in [-0.1, -0.05) is 18.2 Å². The maximum absolute atomic E-state index is 5.80. The van der Waals surface area contributed by atoms with Crippen LogP contribution < -0.4 is 10.1 Å². The van der Waals surface area contributed by atoms with Crippen molar-refractivity contribution in [3.8, 4) is 5.75 Å². The Morgan fingerprint density at radius 3 is 2.53 bits per heavy atom. The number of benzene rings is 1. The molecule has 0 aliphatic rings. The molecule has 96 valence electrons. The summed E-state index contributed by atoms with van der Waals surface area (Å²) in [5, 5.41) is 3.41. The van der Waals surface area contributed by atoms with Gasteiger partial charge in [0.25, 0.3) is 0 Å². The predicted molar refractivity (Wildman–Crippen MR) is 70.5 cm³/mol. The van der Waals surface area contributed by atoms with Crippen molar-refractivity contribution in [1.82, 2.24) is 5.32 Å². The Morgan fingerprint density at radius 1 is 1.18 bits per heavy atom. The summed E-state index contributed by atoms with van der Waals surface area (Å²) in [5.41, 5.74) is 1.19. The first-order valence-corrected chi connectivity index (χ1v) is 6.13. The van der Waals surface area contributed by atoms with E-state index in [2.05, 4.69) is 18.3 Å². The van der Waals surface area contributed by atoms with E-state index in [1.165, 1.54) is 5.56 Å². The lowest BCUT2D eigenvalue weighted by Gasteiger charge is -2.19. The minimum Gasteiger partial charge on any atom is -0.491 e. The summed E-state index contributed by atoms with van der Waals surface area (Å²) >= 11 is 0. The Labute approximate surface area is 104 Å². The summed E-state index contributed by atoms with van der Waals surface area (Å²) in [6, 6.07) is 8.42. The lowest BCUT2D eigenvalue weighted by Crippen LogP contribution is -2.23. The molecule has 0 spiro atoms. The number of rotatable bonds is 7. The third-order valence-electron chi connectivity index (χ3n) is 2.50. The molecule has 0 aliphatic heterocycles. The fraction of sp³-hybridized carbons (Fsp3) is 0.571. The fourth-order valence-corrected chi connectivity index (χ4v) is 1.69. The molecule has 3 nitrogen and oxygen atoms in total. The van der Waals surface area contributed by atoms with E-state index >= 15 is 0 Å². The highest BCUT2D eigenvalue weighted by Gasteiger charge is 2.11. The summed E-state index contributed by atoms with van der Waals surface area (Å²) in [4.78, 5) is 0. The third-order valence-corrected chi connectivity index (χ3v) is 2.50. The molecule has 1 N–H and O–H groups in total. The van der Waals surface area contributed by atoms with Crippen LogP contribution in [0.15, 0.2) is 24.3 Å². The highest BCUT2D eigenvalue weighted by Crippen LogP contribution is 2.25. The largest absolute Gasteiger partial charge is 0.491 e. The molecule has 0 aromatic heterocycles. The average molecular weight is 237 g/mol. The first-order valence-electron chi connectivity index (χ1n) is 6.13. The van der Waals surface area contributed by atoms with Gasteiger partial charge in [0.2, 0.25) is 0 Å². The smallest absolute Gasteiger partial charge is 0.124 e. The Balaban J connectivity index is 2.67. The Kier molecular flexibility index (Phi) is 6.01. The third kappa shape index (κ3) is 4.75. The van der Waals surface area contributed by atoms with Gasteiger partial charge in [-0.2, -0.15) is 0 Å². The molecule has 0 amide bonds. The van der Waals surface area contributed by atoms with Gasteiger partial charge in [0.15, 0.2) is 0 Å². The van der Waals surface area contributed by atoms with Crippen molar-refractivity contribution in [2.75, 3.05) is 20.3 Å². The molecule has 1 aromatic rings. The van der Waals surface area contributed by atoms with Crippen molar-refractivity contribution in [2.24, 2.45) is 0 Å². The molecule has 17 heavy (non-hydrogen) atoms. The predicted octanol–water partition coefficient (Wildman–Crippen LogP) is 2.77. The monoisotopic (exact) mass is 237 g/mol. The fourth-order valence-electron chi connectivity index (χ4n) is 1.69. The second kappa shape index (κ2) is 7.30. The number of methoxy groups -OCH3 is 1. The van der Waals surface area contributed by atoms with Crippen LogP contribution in [0.2, 0.25) is 0 Å². The van der Waals surface area contributed by atoms with E-state index in [-0.39, 0.29) is 12.1 Å². The number of ether oxygens (including phenoxy) is 2. The molecular weight excluding hydrogens is 214 g/mol. The van der Waals surface area contributed by atoms with Gasteiger partial charge < -0.3 is 14.8 Å². The van der Waals surface area contributed by atoms with Crippen molar-refractivity contribution in [3.63, 3.8) is 0 Å². The van der Waals surface area contributed by atoms with Crippen LogP contribution in [-0.4, -0.2) is 26.4 Å². The molecule has 0 bridgehead atoms. The highest BCUT2D eigenvalue weighted by atomic mass is 16.5. The van der Waals surface area contributed by atoms with Crippen LogP contribution in [0.3, 0.4) is 0 Å². The average Bonchev–Trinajstić information content (AvgIpc) is 2.29. The van der Waals surface area contributed by atoms with Crippen molar-refractivity contribution in [1.29, 1.82) is 0 Å². The Morgan fingerprint density at radius 2 is 1.88 bits per heavy atom. The van der Waals surface area contributed by atoms with Crippen molar-refractivity contribution >= 4 is 0 Å². The zero-order valence-corrected chi connectivity index (χ0v) is 11.2. The van der Waals surface area contributed by atoms with Gasteiger partial charge >= 0.3 is 0 Å². The van der Waals surface area contributed by atoms with E-state index in [4.69, 9.17) is 9.47 Å². The second-order valence-electron chi connectivity index (χ2n) is 4.37. The van der Waals surface area contributed by atoms with Crippen molar-refractivity contribution in [3.05, 3.63) is 29.8 Å². The number of para-hydroxylation sites is 1. The lowest BCUT2D eigenvalue weighted by molar-refractivity contribution is 0.195. The van der Waals surface area contributed by atoms with Crippen LogP contribution in [0, 0.1) is 0 Å². The van der Waals surface area contributed by atoms with Gasteiger partial charge in [-0.05, 0) is 26.8 Å². The maximum Gasteiger partial charge on any atom is 0.124 e. The van der Waals surface area contributed by atoms with E-state index < -0.39 is 0 Å². The van der Waals surface area contributed by atoms with E-state index in [1.807, 2.05) is 32.0 Å². The molecule has 0 aliphatic carbocycles. The molecule has 1 rings (SSSR count). The topological polar surface area (TPSA) is 30.5 Å². The zero-order chi connectivity index (χ0) is 12.7. The van der Waals surface area contributed by atoms with E-state index in [0.717, 1.165) is 18.9 Å². The molecule has 0 saturated carbocycles. The molecule has 0 unspecified atom stereocenters. The lowest BCUT2D eigenvalue weighted by atomic mass is 10.1.